The Kier molecular flexibility index (Phi) is 10.5. The van der Waals surface area contributed by atoms with Crippen LogP contribution in [0.1, 0.15) is 135 Å². The Bertz CT molecular complexity index is 533. The van der Waals surface area contributed by atoms with Crippen molar-refractivity contribution in [3.05, 3.63) is 12.3 Å². The minimum absolute atomic E-state index is 0.423. The summed E-state index contributed by atoms with van der Waals surface area (Å²) in [7, 11) is 0. The molecule has 0 spiro atoms. The van der Waals surface area contributed by atoms with Gasteiger partial charge in [0.15, 0.2) is 0 Å². The van der Waals surface area contributed by atoms with E-state index in [1.807, 2.05) is 0 Å². The summed E-state index contributed by atoms with van der Waals surface area (Å²) in [6.07, 6.45) is 29.9. The summed E-state index contributed by atoms with van der Waals surface area (Å²) in [5.74, 6) is 4.89. The molecule has 0 heterocycles. The van der Waals surface area contributed by atoms with Crippen molar-refractivity contribution in [3.8, 4) is 0 Å². The van der Waals surface area contributed by atoms with E-state index in [0.29, 0.717) is 11.7 Å². The highest BCUT2D eigenvalue weighted by Gasteiger charge is 2.39. The molecule has 33 heavy (non-hydrogen) atoms. The Hall–Kier alpha value is -0.500. The van der Waals surface area contributed by atoms with Gasteiger partial charge in [-0.05, 0) is 74.8 Å². The van der Waals surface area contributed by atoms with Gasteiger partial charge >= 0.3 is 0 Å². The third-order valence-corrected chi connectivity index (χ3v) is 10.3. The molecule has 190 valence electrons. The number of hydrogen-bond donors (Lipinski definition) is 1. The molecular weight excluding hydrogens is 402 g/mol. The number of allylic oxidation sites excluding steroid dienone is 1. The van der Waals surface area contributed by atoms with E-state index < -0.39 is 0 Å². The molecule has 0 bridgehead atoms. The average Bonchev–Trinajstić information content (AvgIpc) is 2.86. The minimum Gasteiger partial charge on any atom is -0.513 e. The van der Waals surface area contributed by atoms with E-state index in [4.69, 9.17) is 0 Å². The summed E-state index contributed by atoms with van der Waals surface area (Å²) in [5.41, 5.74) is 0. The third-order valence-electron chi connectivity index (χ3n) is 10.3. The predicted octanol–water partition coefficient (Wildman–Crippen LogP) is 9.06. The Balaban J connectivity index is 1.43. The number of nitrogens with zero attached hydrogens (tertiary/aromatic N) is 1. The van der Waals surface area contributed by atoms with Crippen molar-refractivity contribution in [2.45, 2.75) is 141 Å². The molecule has 1 N–H and O–H groups in total. The molecule has 0 aromatic rings. The molecule has 3 atom stereocenters. The number of aliphatic hydroxyl groups is 1. The Morgan fingerprint density at radius 1 is 0.636 bits per heavy atom. The first kappa shape index (κ1) is 25.6. The average molecular weight is 458 g/mol. The fourth-order valence-corrected chi connectivity index (χ4v) is 8.41. The SMILES string of the molecule is C=C(O)C[C@@H]1CC[C@@H](N(CCC2CCCCC2)CCC2CCCCC2)[C@H](C2CCCCC2)C1. The fraction of sp³-hybridized carbons (Fsp3) is 0.935. The summed E-state index contributed by atoms with van der Waals surface area (Å²) in [6, 6.07) is 0.809. The summed E-state index contributed by atoms with van der Waals surface area (Å²) < 4.78 is 0. The standard InChI is InChI=1S/C31H55NO/c1-25(33)23-28-17-18-31(30(24-28)29-15-9-4-10-16-29)32(21-19-26-11-5-2-6-12-26)22-20-27-13-7-3-8-14-27/h26-31,33H,1-24H2/t28-,30-,31+/m0/s1. The van der Waals surface area contributed by atoms with E-state index in [1.165, 1.54) is 142 Å². The molecule has 0 radical (unpaired) electrons. The Morgan fingerprint density at radius 2 is 1.15 bits per heavy atom. The predicted molar refractivity (Wildman–Crippen MR) is 142 cm³/mol. The number of rotatable bonds is 10. The maximum Gasteiger partial charge on any atom is 0.0853 e. The van der Waals surface area contributed by atoms with Gasteiger partial charge in [0, 0.05) is 12.5 Å². The maximum atomic E-state index is 9.93. The van der Waals surface area contributed by atoms with Crippen molar-refractivity contribution in [1.29, 1.82) is 0 Å². The van der Waals surface area contributed by atoms with Gasteiger partial charge in [0.25, 0.3) is 0 Å². The highest BCUT2D eigenvalue weighted by molar-refractivity contribution is 4.94. The van der Waals surface area contributed by atoms with Crippen molar-refractivity contribution in [2.75, 3.05) is 13.1 Å². The third kappa shape index (κ3) is 8.01. The van der Waals surface area contributed by atoms with E-state index in [1.54, 1.807) is 0 Å². The molecule has 4 fully saturated rings. The van der Waals surface area contributed by atoms with E-state index in [-0.39, 0.29) is 0 Å². The second kappa shape index (κ2) is 13.6. The molecule has 4 saturated carbocycles. The van der Waals surface area contributed by atoms with Crippen LogP contribution >= 0.6 is 0 Å². The Morgan fingerprint density at radius 3 is 1.67 bits per heavy atom. The fourth-order valence-electron chi connectivity index (χ4n) is 8.41. The minimum atomic E-state index is 0.423. The van der Waals surface area contributed by atoms with Gasteiger partial charge < -0.3 is 10.0 Å². The lowest BCUT2D eigenvalue weighted by Crippen LogP contribution is -2.48. The monoisotopic (exact) mass is 457 g/mol. The van der Waals surface area contributed by atoms with Crippen LogP contribution in [0.4, 0.5) is 0 Å². The van der Waals surface area contributed by atoms with E-state index in [0.717, 1.165) is 36.1 Å². The highest BCUT2D eigenvalue weighted by Crippen LogP contribution is 2.44. The van der Waals surface area contributed by atoms with Crippen LogP contribution in [0, 0.1) is 29.6 Å². The van der Waals surface area contributed by atoms with Crippen molar-refractivity contribution in [1.82, 2.24) is 4.90 Å². The summed E-state index contributed by atoms with van der Waals surface area (Å²) in [4.78, 5) is 3.05. The first-order valence-corrected chi connectivity index (χ1v) is 15.3. The first-order chi connectivity index (χ1) is 16.2. The van der Waals surface area contributed by atoms with Gasteiger partial charge in [0.1, 0.15) is 0 Å². The molecule has 0 aromatic heterocycles. The van der Waals surface area contributed by atoms with Gasteiger partial charge in [0.05, 0.1) is 5.76 Å². The summed E-state index contributed by atoms with van der Waals surface area (Å²) >= 11 is 0. The maximum absolute atomic E-state index is 9.93. The van der Waals surface area contributed by atoms with E-state index >= 15 is 0 Å². The lowest BCUT2D eigenvalue weighted by molar-refractivity contribution is 0.0268. The van der Waals surface area contributed by atoms with Crippen LogP contribution in [0.15, 0.2) is 12.3 Å². The molecule has 0 unspecified atom stereocenters. The lowest BCUT2D eigenvalue weighted by atomic mass is 9.66. The van der Waals surface area contributed by atoms with Crippen molar-refractivity contribution in [3.63, 3.8) is 0 Å². The van der Waals surface area contributed by atoms with Gasteiger partial charge in [-0.1, -0.05) is 103 Å². The molecule has 4 aliphatic carbocycles. The van der Waals surface area contributed by atoms with Crippen molar-refractivity contribution < 1.29 is 5.11 Å². The van der Waals surface area contributed by atoms with Gasteiger partial charge in [-0.25, -0.2) is 0 Å². The van der Waals surface area contributed by atoms with Crippen LogP contribution in [0.2, 0.25) is 0 Å². The van der Waals surface area contributed by atoms with Gasteiger partial charge in [0.2, 0.25) is 0 Å². The molecule has 0 amide bonds. The number of hydrogen-bond acceptors (Lipinski definition) is 2. The quantitative estimate of drug-likeness (QED) is 0.331. The van der Waals surface area contributed by atoms with Crippen LogP contribution in [0.3, 0.4) is 0 Å². The molecule has 4 aliphatic rings. The van der Waals surface area contributed by atoms with Gasteiger partial charge in [-0.2, -0.15) is 0 Å². The van der Waals surface area contributed by atoms with Gasteiger partial charge in [-0.3, -0.25) is 0 Å². The zero-order valence-corrected chi connectivity index (χ0v) is 21.8. The molecule has 2 heteroatoms. The van der Waals surface area contributed by atoms with Crippen LogP contribution in [0.5, 0.6) is 0 Å². The lowest BCUT2D eigenvalue weighted by Gasteiger charge is -2.47. The number of aliphatic hydroxyl groups excluding tert-OH is 1. The van der Waals surface area contributed by atoms with Crippen LogP contribution in [-0.4, -0.2) is 29.1 Å². The Labute approximate surface area is 206 Å². The van der Waals surface area contributed by atoms with Crippen molar-refractivity contribution >= 4 is 0 Å². The van der Waals surface area contributed by atoms with Crippen LogP contribution in [0.25, 0.3) is 0 Å². The van der Waals surface area contributed by atoms with Crippen LogP contribution < -0.4 is 0 Å². The molecule has 4 rings (SSSR count). The smallest absolute Gasteiger partial charge is 0.0853 e. The largest absolute Gasteiger partial charge is 0.513 e. The molecular formula is C31H55NO. The topological polar surface area (TPSA) is 23.5 Å². The molecule has 0 saturated heterocycles. The van der Waals surface area contributed by atoms with E-state index in [9.17, 15) is 5.11 Å². The summed E-state index contributed by atoms with van der Waals surface area (Å²) in [5, 5.41) is 9.93. The van der Waals surface area contributed by atoms with Crippen molar-refractivity contribution in [2.24, 2.45) is 29.6 Å². The molecule has 2 nitrogen and oxygen atoms in total. The second-order valence-corrected chi connectivity index (χ2v) is 12.7. The highest BCUT2D eigenvalue weighted by atomic mass is 16.3. The van der Waals surface area contributed by atoms with E-state index in [2.05, 4.69) is 11.5 Å². The first-order valence-electron chi connectivity index (χ1n) is 15.3. The second-order valence-electron chi connectivity index (χ2n) is 12.7. The molecule has 0 aliphatic heterocycles. The van der Waals surface area contributed by atoms with Crippen LogP contribution in [-0.2, 0) is 0 Å². The van der Waals surface area contributed by atoms with Gasteiger partial charge in [-0.15, -0.1) is 0 Å². The molecule has 0 aromatic carbocycles. The zero-order valence-electron chi connectivity index (χ0n) is 21.8. The zero-order chi connectivity index (χ0) is 22.9. The normalized spacial score (nSPS) is 31.1. The summed E-state index contributed by atoms with van der Waals surface area (Å²) in [6.45, 7) is 6.58.